The summed E-state index contributed by atoms with van der Waals surface area (Å²) in [6.07, 6.45) is 3.79. The van der Waals surface area contributed by atoms with E-state index in [1.165, 1.54) is 0 Å². The van der Waals surface area contributed by atoms with Crippen LogP contribution >= 0.6 is 11.6 Å². The highest BCUT2D eigenvalue weighted by Gasteiger charge is 2.01. The van der Waals surface area contributed by atoms with E-state index in [4.69, 9.17) is 20.8 Å². The van der Waals surface area contributed by atoms with Gasteiger partial charge in [-0.1, -0.05) is 6.92 Å². The largest absolute Gasteiger partial charge is 0.467 e. The summed E-state index contributed by atoms with van der Waals surface area (Å²) >= 11 is 5.63. The predicted octanol–water partition coefficient (Wildman–Crippen LogP) is 3.45. The Bertz CT molecular complexity index is 221. The van der Waals surface area contributed by atoms with E-state index in [0.29, 0.717) is 12.5 Å². The Morgan fingerprint density at radius 3 is 3.00 bits per heavy atom. The maximum Gasteiger partial charge on any atom is 0.129 e. The van der Waals surface area contributed by atoms with E-state index in [9.17, 15) is 0 Å². The zero-order valence-electron chi connectivity index (χ0n) is 8.54. The van der Waals surface area contributed by atoms with Crippen molar-refractivity contribution < 1.29 is 9.15 Å². The van der Waals surface area contributed by atoms with Gasteiger partial charge in [0.1, 0.15) is 12.4 Å². The van der Waals surface area contributed by atoms with Crippen LogP contribution in [-0.4, -0.2) is 12.5 Å². The van der Waals surface area contributed by atoms with Crippen LogP contribution in [0.4, 0.5) is 0 Å². The number of hydrogen-bond acceptors (Lipinski definition) is 2. The van der Waals surface area contributed by atoms with Gasteiger partial charge in [0, 0.05) is 12.5 Å². The molecule has 1 aromatic heterocycles. The molecule has 0 aliphatic heterocycles. The molecule has 0 fully saturated rings. The van der Waals surface area contributed by atoms with Gasteiger partial charge in [0.15, 0.2) is 0 Å². The van der Waals surface area contributed by atoms with Crippen molar-refractivity contribution in [3.8, 4) is 0 Å². The summed E-state index contributed by atoms with van der Waals surface area (Å²) in [5.74, 6) is 2.26. The molecule has 1 atom stereocenters. The van der Waals surface area contributed by atoms with Crippen molar-refractivity contribution in [2.24, 2.45) is 5.92 Å². The van der Waals surface area contributed by atoms with Crippen molar-refractivity contribution >= 4 is 11.6 Å². The van der Waals surface area contributed by atoms with E-state index in [2.05, 4.69) is 6.92 Å². The lowest BCUT2D eigenvalue weighted by Gasteiger charge is -2.08. The van der Waals surface area contributed by atoms with E-state index in [1.807, 2.05) is 12.1 Å². The topological polar surface area (TPSA) is 22.4 Å². The molecule has 0 aliphatic rings. The number of hydrogen-bond donors (Lipinski definition) is 0. The molecule has 2 nitrogen and oxygen atoms in total. The average molecular weight is 217 g/mol. The van der Waals surface area contributed by atoms with Gasteiger partial charge in [0.05, 0.1) is 6.26 Å². The van der Waals surface area contributed by atoms with Gasteiger partial charge in [0.25, 0.3) is 0 Å². The second kappa shape index (κ2) is 6.91. The molecule has 0 aliphatic carbocycles. The highest BCUT2D eigenvalue weighted by atomic mass is 35.5. The summed E-state index contributed by atoms with van der Waals surface area (Å²) in [7, 11) is 0. The highest BCUT2D eigenvalue weighted by molar-refractivity contribution is 6.17. The first-order chi connectivity index (χ1) is 6.83. The third-order valence-electron chi connectivity index (χ3n) is 2.18. The Balaban J connectivity index is 1.99. The number of halogens is 1. The van der Waals surface area contributed by atoms with Crippen LogP contribution in [0.15, 0.2) is 22.8 Å². The summed E-state index contributed by atoms with van der Waals surface area (Å²) in [4.78, 5) is 0. The summed E-state index contributed by atoms with van der Waals surface area (Å²) in [5.41, 5.74) is 0. The maximum absolute atomic E-state index is 5.63. The highest BCUT2D eigenvalue weighted by Crippen LogP contribution is 2.09. The van der Waals surface area contributed by atoms with E-state index in [0.717, 1.165) is 31.1 Å². The standard InChI is InChI=1S/C11H17ClO2/c1-10(4-6-12)5-8-13-9-11-3-2-7-14-11/h2-3,7,10H,4-6,8-9H2,1H3. The van der Waals surface area contributed by atoms with Crippen molar-refractivity contribution in [2.45, 2.75) is 26.4 Å². The maximum atomic E-state index is 5.63. The minimum Gasteiger partial charge on any atom is -0.467 e. The number of ether oxygens (including phenoxy) is 1. The van der Waals surface area contributed by atoms with Gasteiger partial charge in [-0.25, -0.2) is 0 Å². The summed E-state index contributed by atoms with van der Waals surface area (Å²) < 4.78 is 10.6. The lowest BCUT2D eigenvalue weighted by molar-refractivity contribution is 0.0952. The molecule has 14 heavy (non-hydrogen) atoms. The van der Waals surface area contributed by atoms with Crippen LogP contribution < -0.4 is 0 Å². The molecule has 1 rings (SSSR count). The average Bonchev–Trinajstić information content (AvgIpc) is 2.65. The van der Waals surface area contributed by atoms with E-state index >= 15 is 0 Å². The second-order valence-corrected chi connectivity index (χ2v) is 3.88. The van der Waals surface area contributed by atoms with Crippen molar-refractivity contribution in [2.75, 3.05) is 12.5 Å². The van der Waals surface area contributed by atoms with Crippen molar-refractivity contribution in [1.82, 2.24) is 0 Å². The minimum atomic E-state index is 0.570. The Morgan fingerprint density at radius 1 is 1.50 bits per heavy atom. The van der Waals surface area contributed by atoms with Crippen LogP contribution in [0.3, 0.4) is 0 Å². The molecule has 0 N–H and O–H groups in total. The zero-order valence-corrected chi connectivity index (χ0v) is 9.30. The van der Waals surface area contributed by atoms with Gasteiger partial charge in [0.2, 0.25) is 0 Å². The lowest BCUT2D eigenvalue weighted by Crippen LogP contribution is -2.02. The molecule has 0 spiro atoms. The monoisotopic (exact) mass is 216 g/mol. The molecule has 0 saturated carbocycles. The Kier molecular flexibility index (Phi) is 5.72. The van der Waals surface area contributed by atoms with Crippen LogP contribution in [0.5, 0.6) is 0 Å². The zero-order chi connectivity index (χ0) is 10.2. The SMILES string of the molecule is CC(CCCl)CCOCc1ccco1. The van der Waals surface area contributed by atoms with Gasteiger partial charge in [-0.15, -0.1) is 11.6 Å². The van der Waals surface area contributed by atoms with E-state index < -0.39 is 0 Å². The third-order valence-corrected chi connectivity index (χ3v) is 2.40. The summed E-state index contributed by atoms with van der Waals surface area (Å²) in [6.45, 7) is 3.54. The molecule has 1 heterocycles. The fourth-order valence-corrected chi connectivity index (χ4v) is 1.56. The number of rotatable bonds is 7. The van der Waals surface area contributed by atoms with Crippen LogP contribution in [0.25, 0.3) is 0 Å². The molecule has 0 bridgehead atoms. The predicted molar refractivity (Wildman–Crippen MR) is 57.5 cm³/mol. The summed E-state index contributed by atoms with van der Waals surface area (Å²) in [6, 6.07) is 3.79. The van der Waals surface area contributed by atoms with Crippen LogP contribution in [0.2, 0.25) is 0 Å². The molecule has 80 valence electrons. The number of alkyl halides is 1. The Morgan fingerprint density at radius 2 is 2.36 bits per heavy atom. The van der Waals surface area contributed by atoms with Gasteiger partial charge in [-0.05, 0) is 30.9 Å². The van der Waals surface area contributed by atoms with Gasteiger partial charge in [-0.3, -0.25) is 0 Å². The fourth-order valence-electron chi connectivity index (χ4n) is 1.18. The molecular formula is C11H17ClO2. The second-order valence-electron chi connectivity index (χ2n) is 3.50. The van der Waals surface area contributed by atoms with Gasteiger partial charge < -0.3 is 9.15 Å². The lowest BCUT2D eigenvalue weighted by atomic mass is 10.1. The Hall–Kier alpha value is -0.470. The van der Waals surface area contributed by atoms with Crippen molar-refractivity contribution in [3.63, 3.8) is 0 Å². The van der Waals surface area contributed by atoms with Crippen molar-refractivity contribution in [3.05, 3.63) is 24.2 Å². The van der Waals surface area contributed by atoms with Crippen LogP contribution in [0, 0.1) is 5.92 Å². The molecule has 0 aromatic carbocycles. The van der Waals surface area contributed by atoms with Gasteiger partial charge in [-0.2, -0.15) is 0 Å². The van der Waals surface area contributed by atoms with Crippen LogP contribution in [0.1, 0.15) is 25.5 Å². The van der Waals surface area contributed by atoms with Crippen molar-refractivity contribution in [1.29, 1.82) is 0 Å². The molecule has 0 saturated heterocycles. The molecule has 3 heteroatoms. The smallest absolute Gasteiger partial charge is 0.129 e. The first-order valence-electron chi connectivity index (χ1n) is 4.99. The Labute approximate surface area is 90.2 Å². The molecule has 1 aromatic rings. The normalized spacial score (nSPS) is 13.0. The quantitative estimate of drug-likeness (QED) is 0.515. The minimum absolute atomic E-state index is 0.570. The molecular weight excluding hydrogens is 200 g/mol. The third kappa shape index (κ3) is 4.68. The summed E-state index contributed by atoms with van der Waals surface area (Å²) in [5, 5.41) is 0. The van der Waals surface area contributed by atoms with Gasteiger partial charge >= 0.3 is 0 Å². The molecule has 0 radical (unpaired) electrons. The number of furan rings is 1. The molecule has 0 amide bonds. The van der Waals surface area contributed by atoms with Crippen LogP contribution in [-0.2, 0) is 11.3 Å². The first-order valence-corrected chi connectivity index (χ1v) is 5.52. The van der Waals surface area contributed by atoms with E-state index in [-0.39, 0.29) is 0 Å². The molecule has 1 unspecified atom stereocenters. The first kappa shape index (κ1) is 11.6. The van der Waals surface area contributed by atoms with E-state index in [1.54, 1.807) is 6.26 Å². The fraction of sp³-hybridized carbons (Fsp3) is 0.636.